The Labute approximate surface area is 244 Å². The van der Waals surface area contributed by atoms with Crippen LogP contribution in [0.5, 0.6) is 0 Å². The Morgan fingerprint density at radius 1 is 0.763 bits per heavy atom. The van der Waals surface area contributed by atoms with Crippen molar-refractivity contribution in [2.75, 3.05) is 13.2 Å². The number of carbonyl (C=O) groups excluding carboxylic acids is 2. The Bertz CT molecular complexity index is 881. The van der Waals surface area contributed by atoms with E-state index in [1.165, 1.54) is 25.7 Å². The standard InChI is InChI=1S/C32H53NO4Se/c1-5-36-31(34)29(32(35)37-6-2)21-28-19-20-30(38-28)24-11-17-27(18-12-24)33(25-13-7-22(3)8-14-25)26-15-9-23(4)10-16-26/h21-28,30H,5-20H2,1-4H3/i11D,12D,17D,18D. The van der Waals surface area contributed by atoms with Crippen molar-refractivity contribution in [2.24, 2.45) is 17.8 Å². The topological polar surface area (TPSA) is 55.8 Å². The normalized spacial score (nSPS) is 45.3. The predicted molar refractivity (Wildman–Crippen MR) is 154 cm³/mol. The van der Waals surface area contributed by atoms with E-state index < -0.39 is 37.5 Å². The van der Waals surface area contributed by atoms with Crippen molar-refractivity contribution in [1.82, 2.24) is 4.90 Å². The molecule has 0 aromatic heterocycles. The first kappa shape index (κ1) is 24.9. The van der Waals surface area contributed by atoms with Crippen LogP contribution in [-0.4, -0.2) is 63.1 Å². The van der Waals surface area contributed by atoms with Crippen LogP contribution in [0, 0.1) is 17.8 Å². The van der Waals surface area contributed by atoms with E-state index in [2.05, 4.69) is 18.7 Å². The molecule has 0 N–H and O–H groups in total. The van der Waals surface area contributed by atoms with Crippen molar-refractivity contribution >= 4 is 26.9 Å². The number of carbonyl (C=O) groups is 2. The number of esters is 2. The molecular formula is C32H53NO4Se. The zero-order chi connectivity index (χ0) is 30.6. The fourth-order valence-corrected chi connectivity index (χ4v) is 10.1. The van der Waals surface area contributed by atoms with Crippen LogP contribution in [0.15, 0.2) is 11.6 Å². The predicted octanol–water partition coefficient (Wildman–Crippen LogP) is 7.13. The third kappa shape index (κ3) is 7.88. The van der Waals surface area contributed by atoms with Crippen LogP contribution in [0.4, 0.5) is 0 Å². The summed E-state index contributed by atoms with van der Waals surface area (Å²) in [6.45, 7) is 8.39. The summed E-state index contributed by atoms with van der Waals surface area (Å²) >= 11 is -0.0571. The van der Waals surface area contributed by atoms with Gasteiger partial charge in [-0.2, -0.15) is 0 Å². The third-order valence-electron chi connectivity index (χ3n) is 9.08. The Kier molecular flexibility index (Phi) is 9.63. The monoisotopic (exact) mass is 599 g/mol. The fraction of sp³-hybridized carbons (Fsp3) is 0.875. The summed E-state index contributed by atoms with van der Waals surface area (Å²) in [6, 6.07) is 0.346. The summed E-state index contributed by atoms with van der Waals surface area (Å²) in [5.74, 6) is -0.232. The van der Waals surface area contributed by atoms with Gasteiger partial charge >= 0.3 is 244 Å². The summed E-state index contributed by atoms with van der Waals surface area (Å²) in [5.41, 5.74) is -0.0595. The molecule has 0 spiro atoms. The summed E-state index contributed by atoms with van der Waals surface area (Å²) in [5, 5.41) is 0. The minimum absolute atomic E-state index is 0.00163. The average molecular weight is 599 g/mol. The van der Waals surface area contributed by atoms with E-state index in [1.807, 2.05) is 0 Å². The first-order valence-electron chi connectivity index (χ1n) is 17.6. The molecule has 3 aliphatic carbocycles. The second-order valence-corrected chi connectivity index (χ2v) is 15.0. The van der Waals surface area contributed by atoms with Gasteiger partial charge < -0.3 is 0 Å². The van der Waals surface area contributed by atoms with Gasteiger partial charge in [-0.15, -0.1) is 0 Å². The van der Waals surface area contributed by atoms with Crippen molar-refractivity contribution in [3.8, 4) is 0 Å². The molecule has 5 nitrogen and oxygen atoms in total. The number of nitrogens with zero attached hydrogens (tertiary/aromatic N) is 1. The Balaban J connectivity index is 1.52. The van der Waals surface area contributed by atoms with Gasteiger partial charge in [0.2, 0.25) is 0 Å². The molecule has 4 rings (SSSR count). The molecule has 3 saturated carbocycles. The first-order valence-corrected chi connectivity index (χ1v) is 17.2. The molecular weight excluding hydrogens is 541 g/mol. The summed E-state index contributed by atoms with van der Waals surface area (Å²) < 4.78 is 47.7. The molecule has 6 atom stereocenters. The molecule has 6 heteroatoms. The van der Waals surface area contributed by atoms with Crippen molar-refractivity contribution in [3.63, 3.8) is 0 Å². The number of rotatable bonds is 9. The van der Waals surface area contributed by atoms with E-state index in [0.29, 0.717) is 12.1 Å². The Morgan fingerprint density at radius 2 is 1.26 bits per heavy atom. The van der Waals surface area contributed by atoms with Crippen molar-refractivity contribution in [3.05, 3.63) is 11.6 Å². The maximum atomic E-state index is 12.5. The number of hydrogen-bond acceptors (Lipinski definition) is 5. The van der Waals surface area contributed by atoms with Crippen LogP contribution < -0.4 is 0 Å². The van der Waals surface area contributed by atoms with E-state index >= 15 is 0 Å². The van der Waals surface area contributed by atoms with Gasteiger partial charge in [0.1, 0.15) is 0 Å². The summed E-state index contributed by atoms with van der Waals surface area (Å²) in [4.78, 5) is 27.6. The second kappa shape index (κ2) is 14.7. The van der Waals surface area contributed by atoms with Gasteiger partial charge in [-0.1, -0.05) is 0 Å². The van der Waals surface area contributed by atoms with Gasteiger partial charge in [-0.05, 0) is 0 Å². The van der Waals surface area contributed by atoms with E-state index in [9.17, 15) is 15.1 Å². The van der Waals surface area contributed by atoms with Crippen LogP contribution >= 0.6 is 0 Å². The van der Waals surface area contributed by atoms with E-state index in [1.54, 1.807) is 19.9 Å². The van der Waals surface area contributed by atoms with E-state index in [-0.39, 0.29) is 55.3 Å². The number of allylic oxidation sites excluding steroid dienone is 1. The van der Waals surface area contributed by atoms with Crippen molar-refractivity contribution in [2.45, 2.75) is 145 Å². The van der Waals surface area contributed by atoms with Crippen LogP contribution in [0.25, 0.3) is 0 Å². The molecule has 1 aliphatic heterocycles. The Hall–Kier alpha value is -0.841. The number of hydrogen-bond donors (Lipinski definition) is 0. The molecule has 0 radical (unpaired) electrons. The minimum atomic E-state index is -0.712. The first-order chi connectivity index (χ1) is 20.1. The molecule has 0 aromatic carbocycles. The summed E-state index contributed by atoms with van der Waals surface area (Å²) in [6.07, 6.45) is 9.53. The summed E-state index contributed by atoms with van der Waals surface area (Å²) in [7, 11) is 0. The molecule has 1 heterocycles. The Morgan fingerprint density at radius 3 is 1.74 bits per heavy atom. The van der Waals surface area contributed by atoms with Gasteiger partial charge in [0.25, 0.3) is 0 Å². The van der Waals surface area contributed by atoms with Gasteiger partial charge in [0, 0.05) is 0 Å². The second-order valence-electron chi connectivity index (χ2n) is 11.9. The molecule has 216 valence electrons. The fourth-order valence-electron chi connectivity index (χ4n) is 6.84. The van der Waals surface area contributed by atoms with Crippen LogP contribution in [0.2, 0.25) is 9.63 Å². The van der Waals surface area contributed by atoms with Gasteiger partial charge in [-0.3, -0.25) is 0 Å². The molecule has 4 aliphatic rings. The van der Waals surface area contributed by atoms with Gasteiger partial charge in [-0.25, -0.2) is 0 Å². The van der Waals surface area contributed by atoms with Crippen LogP contribution in [0.1, 0.15) is 123 Å². The molecule has 0 amide bonds. The zero-order valence-electron chi connectivity index (χ0n) is 28.0. The SMILES string of the molecule is [2H]C1C([2H])C(N(C2CCC(C)CC2)C2CCC(C)CC2)C([2H])C([2H])C1C1CCC(C=C(C(=O)OCC)C(=O)OCC)[Se]1. The van der Waals surface area contributed by atoms with E-state index in [0.717, 1.165) is 50.4 Å². The third-order valence-corrected chi connectivity index (χ3v) is 12.5. The molecule has 0 bridgehead atoms. The molecule has 6 unspecified atom stereocenters. The molecule has 4 fully saturated rings. The quantitative estimate of drug-likeness (QED) is 0.0929. The number of ether oxygens (including phenoxy) is 2. The molecule has 0 aromatic rings. The van der Waals surface area contributed by atoms with Crippen molar-refractivity contribution in [1.29, 1.82) is 0 Å². The zero-order valence-corrected chi connectivity index (χ0v) is 25.7. The van der Waals surface area contributed by atoms with Crippen molar-refractivity contribution < 1.29 is 24.5 Å². The maximum absolute atomic E-state index is 12.5. The van der Waals surface area contributed by atoms with Gasteiger partial charge in [0.05, 0.1) is 0 Å². The van der Waals surface area contributed by atoms with Crippen LogP contribution in [0.3, 0.4) is 0 Å². The molecule has 1 saturated heterocycles. The van der Waals surface area contributed by atoms with Crippen LogP contribution in [-0.2, 0) is 19.1 Å². The average Bonchev–Trinajstić information content (AvgIpc) is 3.42. The van der Waals surface area contributed by atoms with E-state index in [4.69, 9.17) is 9.47 Å². The molecule has 38 heavy (non-hydrogen) atoms. The van der Waals surface area contributed by atoms with Gasteiger partial charge in [0.15, 0.2) is 0 Å².